The number of carbonyl (C=O) groups is 3. The molecule has 7 nitrogen and oxygen atoms in total. The fourth-order valence-corrected chi connectivity index (χ4v) is 1.64. The number of rotatable bonds is 5. The van der Waals surface area contributed by atoms with E-state index in [9.17, 15) is 14.4 Å². The van der Waals surface area contributed by atoms with Crippen LogP contribution in [0.2, 0.25) is 0 Å². The largest absolute Gasteiger partial charge is 0.481 e. The Morgan fingerprint density at radius 1 is 1.41 bits per heavy atom. The van der Waals surface area contributed by atoms with E-state index in [0.29, 0.717) is 13.0 Å². The second-order valence-electron chi connectivity index (χ2n) is 4.15. The number of aliphatic carboxylic acids is 2. The van der Waals surface area contributed by atoms with Crippen molar-refractivity contribution in [3.63, 3.8) is 0 Å². The Morgan fingerprint density at radius 3 is 2.47 bits per heavy atom. The highest BCUT2D eigenvalue weighted by atomic mass is 16.5. The second kappa shape index (κ2) is 5.13. The predicted octanol–water partition coefficient (Wildman–Crippen LogP) is -0.400. The maximum absolute atomic E-state index is 11.8. The first-order chi connectivity index (χ1) is 7.85. The van der Waals surface area contributed by atoms with E-state index in [1.165, 1.54) is 0 Å². The Balaban J connectivity index is 2.63. The van der Waals surface area contributed by atoms with Gasteiger partial charge in [-0.1, -0.05) is 0 Å². The van der Waals surface area contributed by atoms with Gasteiger partial charge in [-0.25, -0.2) is 4.79 Å². The van der Waals surface area contributed by atoms with Crippen LogP contribution >= 0.6 is 0 Å². The van der Waals surface area contributed by atoms with Gasteiger partial charge in [-0.3, -0.25) is 9.59 Å². The molecule has 0 spiro atoms. The fourth-order valence-electron chi connectivity index (χ4n) is 1.64. The Kier molecular flexibility index (Phi) is 4.06. The number of ether oxygens (including phenoxy) is 1. The van der Waals surface area contributed by atoms with Gasteiger partial charge >= 0.3 is 11.9 Å². The van der Waals surface area contributed by atoms with Gasteiger partial charge < -0.3 is 20.3 Å². The minimum absolute atomic E-state index is 0.445. The van der Waals surface area contributed by atoms with Crippen LogP contribution in [0.1, 0.15) is 26.2 Å². The lowest BCUT2D eigenvalue weighted by Crippen LogP contribution is -2.51. The monoisotopic (exact) mass is 245 g/mol. The van der Waals surface area contributed by atoms with Crippen molar-refractivity contribution in [2.45, 2.75) is 37.8 Å². The fraction of sp³-hybridized carbons (Fsp3) is 0.700. The molecule has 1 aliphatic heterocycles. The van der Waals surface area contributed by atoms with Gasteiger partial charge in [-0.2, -0.15) is 0 Å². The second-order valence-corrected chi connectivity index (χ2v) is 4.15. The number of amides is 1. The summed E-state index contributed by atoms with van der Waals surface area (Å²) < 4.78 is 5.24. The smallest absolute Gasteiger partial charge is 0.326 e. The summed E-state index contributed by atoms with van der Waals surface area (Å²) in [4.78, 5) is 33.0. The molecule has 1 fully saturated rings. The van der Waals surface area contributed by atoms with Gasteiger partial charge in [0.25, 0.3) is 5.91 Å². The number of carboxylic acid groups (broad SMARTS) is 2. The summed E-state index contributed by atoms with van der Waals surface area (Å²) >= 11 is 0. The Hall–Kier alpha value is -1.63. The number of hydrogen-bond acceptors (Lipinski definition) is 4. The van der Waals surface area contributed by atoms with Crippen LogP contribution in [-0.4, -0.2) is 46.3 Å². The third-order valence-corrected chi connectivity index (χ3v) is 2.68. The van der Waals surface area contributed by atoms with Gasteiger partial charge in [0.05, 0.1) is 6.42 Å². The van der Waals surface area contributed by atoms with Gasteiger partial charge in [0.2, 0.25) is 0 Å². The summed E-state index contributed by atoms with van der Waals surface area (Å²) in [6.07, 6.45) is 0.565. The lowest BCUT2D eigenvalue weighted by molar-refractivity contribution is -0.150. The zero-order chi connectivity index (χ0) is 13.1. The third kappa shape index (κ3) is 3.42. The number of hydrogen-bond donors (Lipinski definition) is 3. The predicted molar refractivity (Wildman–Crippen MR) is 55.4 cm³/mol. The van der Waals surface area contributed by atoms with E-state index in [-0.39, 0.29) is 0 Å². The zero-order valence-corrected chi connectivity index (χ0v) is 9.43. The van der Waals surface area contributed by atoms with Gasteiger partial charge in [0.1, 0.15) is 11.6 Å². The topological polar surface area (TPSA) is 113 Å². The SMILES string of the molecule is CC1(C(=O)N[C@H](CC(=O)O)C(=O)O)CCCO1. The van der Waals surface area contributed by atoms with Crippen molar-refractivity contribution in [3.05, 3.63) is 0 Å². The molecule has 1 heterocycles. The van der Waals surface area contributed by atoms with Crippen LogP contribution in [0.3, 0.4) is 0 Å². The summed E-state index contributed by atoms with van der Waals surface area (Å²) in [5.41, 5.74) is -1.05. The zero-order valence-electron chi connectivity index (χ0n) is 9.43. The van der Waals surface area contributed by atoms with Crippen LogP contribution in [0, 0.1) is 0 Å². The highest BCUT2D eigenvalue weighted by Crippen LogP contribution is 2.25. The minimum Gasteiger partial charge on any atom is -0.481 e. The van der Waals surface area contributed by atoms with Gasteiger partial charge in [0, 0.05) is 6.61 Å². The number of nitrogens with one attached hydrogen (secondary N) is 1. The van der Waals surface area contributed by atoms with E-state index in [1.807, 2.05) is 0 Å². The van der Waals surface area contributed by atoms with E-state index in [4.69, 9.17) is 14.9 Å². The molecule has 1 amide bonds. The van der Waals surface area contributed by atoms with Crippen LogP contribution < -0.4 is 5.32 Å². The molecular formula is C10H15NO6. The van der Waals surface area contributed by atoms with Gasteiger partial charge in [-0.05, 0) is 19.8 Å². The molecule has 2 atom stereocenters. The first kappa shape index (κ1) is 13.4. The summed E-state index contributed by atoms with van der Waals surface area (Å²) in [5, 5.41) is 19.5. The molecule has 7 heteroatoms. The standard InChI is InChI=1S/C10H15NO6/c1-10(3-2-4-17-10)9(16)11-6(8(14)15)5-7(12)13/h6H,2-5H2,1H3,(H,11,16)(H,12,13)(H,14,15)/t6-,10?/m1/s1. The van der Waals surface area contributed by atoms with Crippen molar-refractivity contribution in [2.24, 2.45) is 0 Å². The van der Waals surface area contributed by atoms with Crippen LogP contribution in [0.15, 0.2) is 0 Å². The highest BCUT2D eigenvalue weighted by Gasteiger charge is 2.39. The summed E-state index contributed by atoms with van der Waals surface area (Å²) in [6.45, 7) is 2.01. The first-order valence-electron chi connectivity index (χ1n) is 5.25. The van der Waals surface area contributed by atoms with E-state index in [1.54, 1.807) is 6.92 Å². The molecule has 0 aliphatic carbocycles. The number of carbonyl (C=O) groups excluding carboxylic acids is 1. The van der Waals surface area contributed by atoms with E-state index >= 15 is 0 Å². The van der Waals surface area contributed by atoms with Crippen LogP contribution in [0.25, 0.3) is 0 Å². The molecule has 1 rings (SSSR count). The first-order valence-corrected chi connectivity index (χ1v) is 5.25. The molecule has 0 aromatic rings. The molecule has 3 N–H and O–H groups in total. The molecule has 0 aromatic heterocycles. The Morgan fingerprint density at radius 2 is 2.06 bits per heavy atom. The third-order valence-electron chi connectivity index (χ3n) is 2.68. The highest BCUT2D eigenvalue weighted by molar-refractivity contribution is 5.90. The summed E-state index contributed by atoms with van der Waals surface area (Å²) in [6, 6.07) is -1.43. The maximum atomic E-state index is 11.8. The Bertz CT molecular complexity index is 334. The van der Waals surface area contributed by atoms with Crippen molar-refractivity contribution in [1.29, 1.82) is 0 Å². The van der Waals surface area contributed by atoms with E-state index < -0.39 is 35.9 Å². The normalized spacial score (nSPS) is 25.2. The van der Waals surface area contributed by atoms with Crippen LogP contribution in [0.4, 0.5) is 0 Å². The van der Waals surface area contributed by atoms with Crippen molar-refractivity contribution < 1.29 is 29.3 Å². The lowest BCUT2D eigenvalue weighted by Gasteiger charge is -2.24. The minimum atomic E-state index is -1.43. The molecule has 0 radical (unpaired) electrons. The molecule has 0 aromatic carbocycles. The van der Waals surface area contributed by atoms with Crippen molar-refractivity contribution >= 4 is 17.8 Å². The lowest BCUT2D eigenvalue weighted by atomic mass is 10.0. The molecule has 0 saturated carbocycles. The van der Waals surface area contributed by atoms with E-state index in [0.717, 1.165) is 6.42 Å². The molecule has 0 bridgehead atoms. The summed E-state index contributed by atoms with van der Waals surface area (Å²) in [7, 11) is 0. The van der Waals surface area contributed by atoms with E-state index in [2.05, 4.69) is 5.32 Å². The van der Waals surface area contributed by atoms with Gasteiger partial charge in [-0.15, -0.1) is 0 Å². The molecule has 1 aliphatic rings. The molecule has 17 heavy (non-hydrogen) atoms. The maximum Gasteiger partial charge on any atom is 0.326 e. The molecule has 1 saturated heterocycles. The number of carboxylic acids is 2. The Labute approximate surface area is 97.8 Å². The van der Waals surface area contributed by atoms with Gasteiger partial charge in [0.15, 0.2) is 0 Å². The quantitative estimate of drug-likeness (QED) is 0.607. The van der Waals surface area contributed by atoms with Crippen LogP contribution in [0.5, 0.6) is 0 Å². The van der Waals surface area contributed by atoms with Crippen LogP contribution in [-0.2, 0) is 19.1 Å². The van der Waals surface area contributed by atoms with Crippen molar-refractivity contribution in [1.82, 2.24) is 5.32 Å². The summed E-state index contributed by atoms with van der Waals surface area (Å²) in [5.74, 6) is -3.24. The van der Waals surface area contributed by atoms with Crippen molar-refractivity contribution in [2.75, 3.05) is 6.61 Å². The average molecular weight is 245 g/mol. The molecule has 96 valence electrons. The average Bonchev–Trinajstić information content (AvgIpc) is 2.64. The van der Waals surface area contributed by atoms with Crippen molar-refractivity contribution in [3.8, 4) is 0 Å². The molecule has 1 unspecified atom stereocenters. The molecular weight excluding hydrogens is 230 g/mol.